The second-order valence-electron chi connectivity index (χ2n) is 3.86. The molecular weight excluding hydrogens is 204 g/mol. The first-order valence-electron chi connectivity index (χ1n) is 5.31. The Labute approximate surface area is 94.4 Å². The van der Waals surface area contributed by atoms with Crippen molar-refractivity contribution in [1.82, 2.24) is 0 Å². The lowest BCUT2D eigenvalue weighted by Gasteiger charge is -2.29. The van der Waals surface area contributed by atoms with Crippen LogP contribution in [0.15, 0.2) is 12.1 Å². The summed E-state index contributed by atoms with van der Waals surface area (Å²) in [5.41, 5.74) is 8.77. The summed E-state index contributed by atoms with van der Waals surface area (Å²) < 4.78 is 5.29. The highest BCUT2D eigenvalue weighted by atomic mass is 16.5. The van der Waals surface area contributed by atoms with E-state index in [1.807, 2.05) is 19.1 Å². The van der Waals surface area contributed by atoms with Crippen LogP contribution in [0.1, 0.15) is 5.56 Å². The molecule has 0 aromatic heterocycles. The van der Waals surface area contributed by atoms with Gasteiger partial charge in [0.05, 0.1) is 18.9 Å². The number of nitrogen functional groups attached to an aromatic ring is 1. The van der Waals surface area contributed by atoms with Gasteiger partial charge in [-0.1, -0.05) is 0 Å². The Morgan fingerprint density at radius 2 is 2.06 bits per heavy atom. The molecular formula is C11H15N4O+. The van der Waals surface area contributed by atoms with Crippen LogP contribution in [0.25, 0.3) is 4.98 Å². The predicted molar refractivity (Wildman–Crippen MR) is 63.4 cm³/mol. The van der Waals surface area contributed by atoms with Gasteiger partial charge in [0.1, 0.15) is 0 Å². The Morgan fingerprint density at radius 1 is 1.38 bits per heavy atom. The Kier molecular flexibility index (Phi) is 2.93. The van der Waals surface area contributed by atoms with Gasteiger partial charge in [-0.05, 0) is 19.1 Å². The molecule has 0 atom stereocenters. The topological polar surface area (TPSA) is 66.6 Å². The zero-order valence-electron chi connectivity index (χ0n) is 9.31. The number of aryl methyl sites for hydroxylation is 1. The summed E-state index contributed by atoms with van der Waals surface area (Å²) in [6.07, 6.45) is 0. The minimum Gasteiger partial charge on any atom is -0.390 e. The zero-order valence-corrected chi connectivity index (χ0v) is 9.31. The lowest BCUT2D eigenvalue weighted by Crippen LogP contribution is -2.36. The van der Waals surface area contributed by atoms with Crippen molar-refractivity contribution < 1.29 is 4.74 Å². The molecule has 0 spiro atoms. The number of diazo groups is 1. The van der Waals surface area contributed by atoms with E-state index in [-0.39, 0.29) is 0 Å². The summed E-state index contributed by atoms with van der Waals surface area (Å²) >= 11 is 0. The Bertz CT molecular complexity index is 432. The molecule has 16 heavy (non-hydrogen) atoms. The molecule has 1 aromatic rings. The Morgan fingerprint density at radius 3 is 2.69 bits per heavy atom. The highest BCUT2D eigenvalue weighted by Crippen LogP contribution is 2.35. The van der Waals surface area contributed by atoms with Crippen molar-refractivity contribution in [2.24, 2.45) is 0 Å². The number of ether oxygens (including phenoxy) is 1. The lowest BCUT2D eigenvalue weighted by molar-refractivity contribution is 0.123. The largest absolute Gasteiger partial charge is 0.412 e. The van der Waals surface area contributed by atoms with Gasteiger partial charge in [-0.15, -0.1) is 0 Å². The van der Waals surface area contributed by atoms with E-state index in [4.69, 9.17) is 15.9 Å². The van der Waals surface area contributed by atoms with Gasteiger partial charge in [-0.3, -0.25) is 0 Å². The molecule has 0 radical (unpaired) electrons. The molecule has 1 heterocycles. The SMILES string of the molecule is Cc1ccc(N2CCOCC2)c(N)c1[N+]#N. The smallest absolute Gasteiger partial charge is 0.390 e. The number of benzene rings is 1. The Hall–Kier alpha value is -1.80. The molecule has 0 bridgehead atoms. The van der Waals surface area contributed by atoms with Gasteiger partial charge in [0.25, 0.3) is 0 Å². The monoisotopic (exact) mass is 219 g/mol. The van der Waals surface area contributed by atoms with E-state index in [0.717, 1.165) is 24.3 Å². The quantitative estimate of drug-likeness (QED) is 0.578. The first kappa shape index (κ1) is 10.7. The summed E-state index contributed by atoms with van der Waals surface area (Å²) in [7, 11) is 0. The summed E-state index contributed by atoms with van der Waals surface area (Å²) in [6.45, 7) is 4.92. The lowest BCUT2D eigenvalue weighted by atomic mass is 10.1. The van der Waals surface area contributed by atoms with Gasteiger partial charge in [0, 0.05) is 18.7 Å². The van der Waals surface area contributed by atoms with Crippen molar-refractivity contribution in [3.8, 4) is 0 Å². The molecule has 1 aliphatic rings. The molecule has 0 aliphatic carbocycles. The number of hydrogen-bond donors (Lipinski definition) is 1. The van der Waals surface area contributed by atoms with E-state index in [1.165, 1.54) is 0 Å². The third kappa shape index (κ3) is 1.79. The van der Waals surface area contributed by atoms with E-state index < -0.39 is 0 Å². The van der Waals surface area contributed by atoms with Crippen molar-refractivity contribution >= 4 is 17.1 Å². The van der Waals surface area contributed by atoms with E-state index in [1.54, 1.807) is 0 Å². The number of nitrogens with zero attached hydrogens (tertiary/aromatic N) is 3. The van der Waals surface area contributed by atoms with Crippen LogP contribution in [-0.2, 0) is 4.74 Å². The molecule has 1 saturated heterocycles. The van der Waals surface area contributed by atoms with Crippen LogP contribution < -0.4 is 10.6 Å². The third-order valence-corrected chi connectivity index (χ3v) is 2.85. The summed E-state index contributed by atoms with van der Waals surface area (Å²) in [4.78, 5) is 5.39. The van der Waals surface area contributed by atoms with Crippen LogP contribution in [0.4, 0.5) is 17.1 Å². The summed E-state index contributed by atoms with van der Waals surface area (Å²) in [6, 6.07) is 3.88. The molecule has 0 unspecified atom stereocenters. The van der Waals surface area contributed by atoms with Crippen molar-refractivity contribution in [3.63, 3.8) is 0 Å². The van der Waals surface area contributed by atoms with Gasteiger partial charge >= 0.3 is 5.69 Å². The fourth-order valence-corrected chi connectivity index (χ4v) is 1.92. The molecule has 2 rings (SSSR count). The van der Waals surface area contributed by atoms with E-state index in [0.29, 0.717) is 24.6 Å². The number of nitrogens with two attached hydrogens (primary N) is 1. The maximum Gasteiger partial charge on any atom is 0.412 e. The van der Waals surface area contributed by atoms with Crippen LogP contribution in [0.2, 0.25) is 0 Å². The Balaban J connectivity index is 2.38. The zero-order chi connectivity index (χ0) is 11.5. The standard InChI is InChI=1S/C11H15N4O/c1-8-2-3-9(10(12)11(8)14-13)15-4-6-16-7-5-15/h2-3H,4-7,12H2,1H3/q+1. The molecule has 0 saturated carbocycles. The molecule has 5 heteroatoms. The minimum atomic E-state index is 0.462. The number of anilines is 2. The third-order valence-electron chi connectivity index (χ3n) is 2.85. The predicted octanol–water partition coefficient (Wildman–Crippen LogP) is 1.90. The normalized spacial score (nSPS) is 15.9. The van der Waals surface area contributed by atoms with Gasteiger partial charge in [0.2, 0.25) is 5.39 Å². The second-order valence-corrected chi connectivity index (χ2v) is 3.86. The summed E-state index contributed by atoms with van der Waals surface area (Å²) in [5.74, 6) is 0. The van der Waals surface area contributed by atoms with Crippen LogP contribution in [-0.4, -0.2) is 26.3 Å². The molecule has 1 aliphatic heterocycles. The first-order chi connectivity index (χ1) is 7.74. The second kappa shape index (κ2) is 4.37. The number of morpholine rings is 1. The van der Waals surface area contributed by atoms with E-state index >= 15 is 0 Å². The molecule has 5 nitrogen and oxygen atoms in total. The first-order valence-corrected chi connectivity index (χ1v) is 5.31. The van der Waals surface area contributed by atoms with Crippen LogP contribution in [0.5, 0.6) is 0 Å². The van der Waals surface area contributed by atoms with E-state index in [9.17, 15) is 0 Å². The number of hydrogen-bond acceptors (Lipinski definition) is 4. The highest BCUT2D eigenvalue weighted by Gasteiger charge is 2.22. The van der Waals surface area contributed by atoms with E-state index in [2.05, 4.69) is 9.88 Å². The number of rotatable bonds is 1. The van der Waals surface area contributed by atoms with Gasteiger partial charge in [0.15, 0.2) is 10.7 Å². The van der Waals surface area contributed by atoms with Crippen LogP contribution >= 0.6 is 0 Å². The average Bonchev–Trinajstić information content (AvgIpc) is 2.31. The maximum absolute atomic E-state index is 8.92. The van der Waals surface area contributed by atoms with Crippen LogP contribution in [0, 0.1) is 12.3 Å². The van der Waals surface area contributed by atoms with Crippen molar-refractivity contribution in [3.05, 3.63) is 22.7 Å². The van der Waals surface area contributed by atoms with Gasteiger partial charge < -0.3 is 15.4 Å². The van der Waals surface area contributed by atoms with Crippen molar-refractivity contribution in [2.75, 3.05) is 36.9 Å². The van der Waals surface area contributed by atoms with Gasteiger partial charge in [-0.2, -0.15) is 0 Å². The van der Waals surface area contributed by atoms with Crippen LogP contribution in [0.3, 0.4) is 0 Å². The minimum absolute atomic E-state index is 0.462. The van der Waals surface area contributed by atoms with Crippen molar-refractivity contribution in [2.45, 2.75) is 6.92 Å². The molecule has 0 amide bonds. The van der Waals surface area contributed by atoms with Gasteiger partial charge in [-0.25, -0.2) is 0 Å². The fraction of sp³-hybridized carbons (Fsp3) is 0.455. The molecule has 2 N–H and O–H groups in total. The molecule has 84 valence electrons. The summed E-state index contributed by atoms with van der Waals surface area (Å²) in [5, 5.41) is 8.92. The molecule has 1 aromatic carbocycles. The fourth-order valence-electron chi connectivity index (χ4n) is 1.92. The highest BCUT2D eigenvalue weighted by molar-refractivity contribution is 5.83. The van der Waals surface area contributed by atoms with Crippen molar-refractivity contribution in [1.29, 1.82) is 5.39 Å². The average molecular weight is 219 g/mol. The maximum atomic E-state index is 8.92. The molecule has 1 fully saturated rings.